The van der Waals surface area contributed by atoms with Crippen LogP contribution in [0.3, 0.4) is 0 Å². The van der Waals surface area contributed by atoms with Crippen molar-refractivity contribution in [3.05, 3.63) is 83.9 Å². The van der Waals surface area contributed by atoms with Crippen molar-refractivity contribution in [2.45, 2.75) is 18.0 Å². The van der Waals surface area contributed by atoms with E-state index >= 15 is 0 Å². The minimum atomic E-state index is -4.70. The highest BCUT2D eigenvalue weighted by atomic mass is 32.2. The maximum Gasteiger partial charge on any atom is 0.416 e. The van der Waals surface area contributed by atoms with Crippen molar-refractivity contribution in [1.29, 1.82) is 0 Å². The van der Waals surface area contributed by atoms with Crippen molar-refractivity contribution >= 4 is 27.3 Å². The second-order valence-electron chi connectivity index (χ2n) is 7.13. The van der Waals surface area contributed by atoms with Crippen LogP contribution in [0, 0.1) is 6.92 Å². The number of anilines is 2. The lowest BCUT2D eigenvalue weighted by Crippen LogP contribution is -2.38. The van der Waals surface area contributed by atoms with Gasteiger partial charge in [-0.15, -0.1) is 0 Å². The Kier molecular flexibility index (Phi) is 6.97. The summed E-state index contributed by atoms with van der Waals surface area (Å²) in [5.41, 5.74) is -0.347. The fourth-order valence-corrected chi connectivity index (χ4v) is 4.77. The van der Waals surface area contributed by atoms with E-state index in [1.807, 2.05) is 0 Å². The number of aryl methyl sites for hydroxylation is 1. The van der Waals surface area contributed by atoms with Gasteiger partial charge < -0.3 is 10.1 Å². The zero-order valence-electron chi connectivity index (χ0n) is 17.8. The number of alkyl halides is 3. The fraction of sp³-hybridized carbons (Fsp3) is 0.174. The minimum Gasteiger partial charge on any atom is -0.495 e. The van der Waals surface area contributed by atoms with Crippen LogP contribution in [-0.4, -0.2) is 28.0 Å². The molecule has 0 radical (unpaired) electrons. The Hall–Kier alpha value is -3.53. The van der Waals surface area contributed by atoms with Crippen molar-refractivity contribution in [1.82, 2.24) is 0 Å². The fourth-order valence-electron chi connectivity index (χ4n) is 3.11. The summed E-state index contributed by atoms with van der Waals surface area (Å²) in [4.78, 5) is 12.4. The third-order valence-electron chi connectivity index (χ3n) is 4.69. The summed E-state index contributed by atoms with van der Waals surface area (Å²) in [6.45, 7) is 0.908. The van der Waals surface area contributed by atoms with Gasteiger partial charge in [-0.3, -0.25) is 9.10 Å². The lowest BCUT2D eigenvalue weighted by atomic mass is 10.2. The molecule has 1 N–H and O–H groups in total. The SMILES string of the molecule is COc1ccc(C)cc1S(=O)(=O)N(CC(=O)Nc1ccccc1)c1cccc(C(F)(F)F)c1. The highest BCUT2D eigenvalue weighted by Gasteiger charge is 2.34. The highest BCUT2D eigenvalue weighted by Crippen LogP contribution is 2.35. The number of hydrogen-bond donors (Lipinski definition) is 1. The number of para-hydroxylation sites is 1. The number of hydrogen-bond acceptors (Lipinski definition) is 4. The maximum absolute atomic E-state index is 13.6. The van der Waals surface area contributed by atoms with Crippen LogP contribution >= 0.6 is 0 Å². The standard InChI is InChI=1S/C23H21F3N2O4S/c1-16-11-12-20(32-2)21(13-16)33(30,31)28(15-22(29)27-18-8-4-3-5-9-18)19-10-6-7-17(14-19)23(24,25)26/h3-14H,15H2,1-2H3,(H,27,29). The first-order valence-electron chi connectivity index (χ1n) is 9.72. The molecule has 174 valence electrons. The first-order valence-corrected chi connectivity index (χ1v) is 11.2. The van der Waals surface area contributed by atoms with E-state index in [2.05, 4.69) is 5.32 Å². The van der Waals surface area contributed by atoms with E-state index < -0.39 is 34.2 Å². The van der Waals surface area contributed by atoms with Crippen LogP contribution in [0.5, 0.6) is 5.75 Å². The number of benzene rings is 3. The van der Waals surface area contributed by atoms with Crippen molar-refractivity contribution in [2.24, 2.45) is 0 Å². The molecule has 10 heteroatoms. The molecule has 0 atom stereocenters. The minimum absolute atomic E-state index is 0.000966. The van der Waals surface area contributed by atoms with Crippen molar-refractivity contribution in [3.8, 4) is 5.75 Å². The van der Waals surface area contributed by atoms with Crippen LogP contribution in [0.4, 0.5) is 24.5 Å². The van der Waals surface area contributed by atoms with E-state index in [1.165, 1.54) is 25.3 Å². The average molecular weight is 478 g/mol. The zero-order chi connectivity index (χ0) is 24.2. The Morgan fingerprint density at radius 2 is 1.70 bits per heavy atom. The van der Waals surface area contributed by atoms with Gasteiger partial charge in [0.15, 0.2) is 0 Å². The molecule has 0 saturated heterocycles. The number of nitrogens with one attached hydrogen (secondary N) is 1. The van der Waals surface area contributed by atoms with Gasteiger partial charge in [-0.25, -0.2) is 8.42 Å². The Bertz CT molecular complexity index is 1250. The molecule has 3 aromatic carbocycles. The molecule has 0 aromatic heterocycles. The highest BCUT2D eigenvalue weighted by molar-refractivity contribution is 7.93. The van der Waals surface area contributed by atoms with Crippen LogP contribution in [0.1, 0.15) is 11.1 Å². The van der Waals surface area contributed by atoms with E-state index in [0.717, 1.165) is 12.1 Å². The molecule has 0 saturated carbocycles. The van der Waals surface area contributed by atoms with E-state index in [4.69, 9.17) is 4.74 Å². The number of methoxy groups -OCH3 is 1. The summed E-state index contributed by atoms with van der Waals surface area (Å²) in [7, 11) is -3.21. The van der Waals surface area contributed by atoms with Gasteiger partial charge in [-0.2, -0.15) is 13.2 Å². The van der Waals surface area contributed by atoms with E-state index in [1.54, 1.807) is 43.3 Å². The van der Waals surface area contributed by atoms with Crippen LogP contribution in [0.15, 0.2) is 77.7 Å². The van der Waals surface area contributed by atoms with Crippen molar-refractivity contribution in [3.63, 3.8) is 0 Å². The molecular weight excluding hydrogens is 457 g/mol. The number of ether oxygens (including phenoxy) is 1. The first-order chi connectivity index (χ1) is 15.5. The van der Waals surface area contributed by atoms with E-state index in [-0.39, 0.29) is 16.3 Å². The zero-order valence-corrected chi connectivity index (χ0v) is 18.6. The first kappa shape index (κ1) is 24.1. The Morgan fingerprint density at radius 1 is 1.00 bits per heavy atom. The molecule has 3 aromatic rings. The lowest BCUT2D eigenvalue weighted by Gasteiger charge is -2.26. The normalized spacial score (nSPS) is 11.7. The molecule has 0 aliphatic carbocycles. The Labute approximate surface area is 189 Å². The second kappa shape index (κ2) is 9.53. The smallest absolute Gasteiger partial charge is 0.416 e. The van der Waals surface area contributed by atoms with Gasteiger partial charge in [0.2, 0.25) is 5.91 Å². The summed E-state index contributed by atoms with van der Waals surface area (Å²) in [6.07, 6.45) is -4.70. The predicted molar refractivity (Wildman–Crippen MR) is 119 cm³/mol. The third-order valence-corrected chi connectivity index (χ3v) is 6.49. The number of halogens is 3. The van der Waals surface area contributed by atoms with Crippen LogP contribution < -0.4 is 14.4 Å². The summed E-state index contributed by atoms with van der Waals surface area (Å²) in [6, 6.07) is 16.5. The molecule has 3 rings (SSSR count). The largest absolute Gasteiger partial charge is 0.495 e. The predicted octanol–water partition coefficient (Wildman–Crippen LogP) is 4.86. The van der Waals surface area contributed by atoms with Crippen LogP contribution in [-0.2, 0) is 21.0 Å². The van der Waals surface area contributed by atoms with Gasteiger partial charge in [0, 0.05) is 5.69 Å². The molecule has 0 aliphatic heterocycles. The molecule has 0 fully saturated rings. The molecule has 33 heavy (non-hydrogen) atoms. The molecule has 0 spiro atoms. The van der Waals surface area contributed by atoms with Crippen molar-refractivity contribution < 1.29 is 31.1 Å². The van der Waals surface area contributed by atoms with Gasteiger partial charge in [-0.1, -0.05) is 30.3 Å². The van der Waals surface area contributed by atoms with Gasteiger partial charge >= 0.3 is 6.18 Å². The van der Waals surface area contributed by atoms with E-state index in [0.29, 0.717) is 21.6 Å². The molecule has 0 bridgehead atoms. The Balaban J connectivity index is 2.09. The van der Waals surface area contributed by atoms with Gasteiger partial charge in [0.1, 0.15) is 17.2 Å². The number of rotatable bonds is 7. The van der Waals surface area contributed by atoms with Gasteiger partial charge in [0.05, 0.1) is 18.4 Å². The van der Waals surface area contributed by atoms with Crippen molar-refractivity contribution in [2.75, 3.05) is 23.3 Å². The lowest BCUT2D eigenvalue weighted by molar-refractivity contribution is -0.137. The summed E-state index contributed by atoms with van der Waals surface area (Å²) in [5.74, 6) is -0.727. The molecule has 1 amide bonds. The molecule has 6 nitrogen and oxygen atoms in total. The number of amides is 1. The molecule has 0 aliphatic rings. The summed E-state index contributed by atoms with van der Waals surface area (Å²) < 4.78 is 72.9. The molecule has 0 unspecified atom stereocenters. The summed E-state index contributed by atoms with van der Waals surface area (Å²) >= 11 is 0. The van der Waals surface area contributed by atoms with Gasteiger partial charge in [-0.05, 0) is 55.0 Å². The van der Waals surface area contributed by atoms with Crippen LogP contribution in [0.2, 0.25) is 0 Å². The average Bonchev–Trinajstić information content (AvgIpc) is 2.77. The topological polar surface area (TPSA) is 75.7 Å². The third kappa shape index (κ3) is 5.64. The van der Waals surface area contributed by atoms with Crippen LogP contribution in [0.25, 0.3) is 0 Å². The quantitative estimate of drug-likeness (QED) is 0.527. The van der Waals surface area contributed by atoms with E-state index in [9.17, 15) is 26.4 Å². The summed E-state index contributed by atoms with van der Waals surface area (Å²) in [5, 5.41) is 2.55. The second-order valence-corrected chi connectivity index (χ2v) is 8.96. The number of carbonyl (C=O) groups is 1. The number of nitrogens with zero attached hydrogens (tertiary/aromatic N) is 1. The maximum atomic E-state index is 13.6. The monoisotopic (exact) mass is 478 g/mol. The number of sulfonamides is 1. The number of carbonyl (C=O) groups excluding carboxylic acids is 1. The molecular formula is C23H21F3N2O4S. The molecule has 0 heterocycles. The Morgan fingerprint density at radius 3 is 2.33 bits per heavy atom. The van der Waals surface area contributed by atoms with Gasteiger partial charge in [0.25, 0.3) is 10.0 Å².